The van der Waals surface area contributed by atoms with E-state index < -0.39 is 0 Å². The highest BCUT2D eigenvalue weighted by molar-refractivity contribution is 5.80. The van der Waals surface area contributed by atoms with E-state index in [1.807, 2.05) is 19.1 Å². The highest BCUT2D eigenvalue weighted by Crippen LogP contribution is 2.25. The van der Waals surface area contributed by atoms with E-state index in [-0.39, 0.29) is 24.2 Å². The van der Waals surface area contributed by atoms with Crippen LogP contribution in [-0.2, 0) is 14.3 Å². The van der Waals surface area contributed by atoms with Gasteiger partial charge in [0.05, 0.1) is 6.42 Å². The van der Waals surface area contributed by atoms with Crippen molar-refractivity contribution in [2.75, 3.05) is 13.2 Å². The summed E-state index contributed by atoms with van der Waals surface area (Å²) in [5.74, 6) is -0.00639. The van der Waals surface area contributed by atoms with Crippen molar-refractivity contribution in [2.24, 2.45) is 5.92 Å². The molecule has 1 N–H and O–H groups in total. The van der Waals surface area contributed by atoms with E-state index in [1.165, 1.54) is 0 Å². The van der Waals surface area contributed by atoms with Crippen LogP contribution < -0.4 is 5.32 Å². The first-order chi connectivity index (χ1) is 8.24. The molecule has 4 nitrogen and oxygen atoms in total. The van der Waals surface area contributed by atoms with Gasteiger partial charge in [-0.2, -0.15) is 0 Å². The minimum atomic E-state index is -0.264. The summed E-state index contributed by atoms with van der Waals surface area (Å²) in [6, 6.07) is 0. The van der Waals surface area contributed by atoms with Gasteiger partial charge < -0.3 is 10.1 Å². The molecule has 0 aromatic heterocycles. The zero-order valence-electron chi connectivity index (χ0n) is 10.4. The van der Waals surface area contributed by atoms with Gasteiger partial charge in [-0.05, 0) is 19.3 Å². The fourth-order valence-electron chi connectivity index (χ4n) is 1.55. The molecule has 0 heterocycles. The van der Waals surface area contributed by atoms with E-state index in [0.717, 1.165) is 25.7 Å². The largest absolute Gasteiger partial charge is 0.461 e. The van der Waals surface area contributed by atoms with Crippen molar-refractivity contribution >= 4 is 11.9 Å². The summed E-state index contributed by atoms with van der Waals surface area (Å²) in [5.41, 5.74) is 0. The molecule has 1 aliphatic rings. The van der Waals surface area contributed by atoms with Crippen LogP contribution in [0.25, 0.3) is 0 Å². The number of carbonyl (C=O) groups excluding carboxylic acids is 2. The van der Waals surface area contributed by atoms with Crippen molar-refractivity contribution in [3.63, 3.8) is 0 Å². The third-order valence-corrected chi connectivity index (χ3v) is 2.85. The molecule has 0 unspecified atom stereocenters. The van der Waals surface area contributed by atoms with E-state index in [1.54, 1.807) is 0 Å². The van der Waals surface area contributed by atoms with Crippen molar-refractivity contribution in [3.8, 4) is 0 Å². The van der Waals surface area contributed by atoms with Crippen LogP contribution in [0.2, 0.25) is 0 Å². The molecular weight excluding hydrogens is 218 g/mol. The summed E-state index contributed by atoms with van der Waals surface area (Å²) in [6.07, 6.45) is 8.07. The van der Waals surface area contributed by atoms with Crippen LogP contribution in [0, 0.1) is 5.92 Å². The molecule has 96 valence electrons. The molecule has 1 rings (SSSR count). The molecule has 1 aliphatic carbocycles. The van der Waals surface area contributed by atoms with Crippen molar-refractivity contribution in [1.82, 2.24) is 5.32 Å². The van der Waals surface area contributed by atoms with Gasteiger partial charge in [0.15, 0.2) is 0 Å². The Kier molecular flexibility index (Phi) is 6.37. The lowest BCUT2D eigenvalue weighted by atomic mass is 9.85. The number of ether oxygens (including phenoxy) is 1. The fourth-order valence-corrected chi connectivity index (χ4v) is 1.55. The standard InChI is InChI=1S/C13H21NO3/c1-2-3-4-10-17-12(15)8-9-14-13(16)11-6-5-7-11/h3-4,11H,2,5-10H2,1H3,(H,14,16). The Morgan fingerprint density at radius 3 is 2.71 bits per heavy atom. The Morgan fingerprint density at radius 2 is 2.12 bits per heavy atom. The number of carbonyl (C=O) groups is 2. The summed E-state index contributed by atoms with van der Waals surface area (Å²) < 4.78 is 4.95. The summed E-state index contributed by atoms with van der Waals surface area (Å²) in [6.45, 7) is 2.73. The first-order valence-corrected chi connectivity index (χ1v) is 6.32. The number of allylic oxidation sites excluding steroid dienone is 1. The van der Waals surface area contributed by atoms with Crippen molar-refractivity contribution < 1.29 is 14.3 Å². The topological polar surface area (TPSA) is 55.4 Å². The van der Waals surface area contributed by atoms with E-state index in [2.05, 4.69) is 5.32 Å². The average Bonchev–Trinajstić information content (AvgIpc) is 2.22. The van der Waals surface area contributed by atoms with E-state index in [4.69, 9.17) is 4.74 Å². The third kappa shape index (κ3) is 5.52. The Balaban J connectivity index is 1.99. The zero-order valence-corrected chi connectivity index (χ0v) is 10.4. The Labute approximate surface area is 102 Å². The molecule has 0 aromatic rings. The second-order valence-electron chi connectivity index (χ2n) is 4.23. The van der Waals surface area contributed by atoms with Crippen LogP contribution in [0.15, 0.2) is 12.2 Å². The van der Waals surface area contributed by atoms with Crippen molar-refractivity contribution in [3.05, 3.63) is 12.2 Å². The van der Waals surface area contributed by atoms with E-state index in [9.17, 15) is 9.59 Å². The molecule has 1 amide bonds. The minimum Gasteiger partial charge on any atom is -0.461 e. The molecule has 0 aliphatic heterocycles. The number of esters is 1. The predicted octanol–water partition coefficient (Wildman–Crippen LogP) is 1.80. The molecule has 0 radical (unpaired) electrons. The number of hydrogen-bond acceptors (Lipinski definition) is 3. The SMILES string of the molecule is CCC=CCOC(=O)CCNC(=O)C1CCC1. The van der Waals surface area contributed by atoms with Crippen LogP contribution >= 0.6 is 0 Å². The van der Waals surface area contributed by atoms with Gasteiger partial charge in [-0.1, -0.05) is 25.5 Å². The van der Waals surface area contributed by atoms with Crippen LogP contribution in [0.1, 0.15) is 39.0 Å². The predicted molar refractivity (Wildman–Crippen MR) is 65.4 cm³/mol. The summed E-state index contributed by atoms with van der Waals surface area (Å²) in [5, 5.41) is 2.76. The lowest BCUT2D eigenvalue weighted by Crippen LogP contribution is -2.35. The number of nitrogens with one attached hydrogen (secondary N) is 1. The molecule has 1 saturated carbocycles. The lowest BCUT2D eigenvalue weighted by molar-refractivity contribution is -0.142. The molecule has 0 atom stereocenters. The Hall–Kier alpha value is -1.32. The van der Waals surface area contributed by atoms with Gasteiger partial charge in [0.1, 0.15) is 6.61 Å². The quantitative estimate of drug-likeness (QED) is 0.544. The average molecular weight is 239 g/mol. The fraction of sp³-hybridized carbons (Fsp3) is 0.692. The van der Waals surface area contributed by atoms with Gasteiger partial charge in [0, 0.05) is 12.5 Å². The van der Waals surface area contributed by atoms with Gasteiger partial charge in [0.25, 0.3) is 0 Å². The lowest BCUT2D eigenvalue weighted by Gasteiger charge is -2.23. The van der Waals surface area contributed by atoms with Gasteiger partial charge >= 0.3 is 5.97 Å². The van der Waals surface area contributed by atoms with Crippen LogP contribution in [0.5, 0.6) is 0 Å². The Morgan fingerprint density at radius 1 is 1.35 bits per heavy atom. The minimum absolute atomic E-state index is 0.0786. The van der Waals surface area contributed by atoms with Crippen molar-refractivity contribution in [1.29, 1.82) is 0 Å². The molecular formula is C13H21NO3. The molecule has 0 aromatic carbocycles. The molecule has 4 heteroatoms. The number of rotatable bonds is 7. The number of hydrogen-bond donors (Lipinski definition) is 1. The van der Waals surface area contributed by atoms with Gasteiger partial charge in [0.2, 0.25) is 5.91 Å². The maximum atomic E-state index is 11.4. The monoisotopic (exact) mass is 239 g/mol. The van der Waals surface area contributed by atoms with E-state index >= 15 is 0 Å². The van der Waals surface area contributed by atoms with Gasteiger partial charge in [-0.3, -0.25) is 9.59 Å². The molecule has 17 heavy (non-hydrogen) atoms. The van der Waals surface area contributed by atoms with Crippen LogP contribution in [-0.4, -0.2) is 25.0 Å². The maximum Gasteiger partial charge on any atom is 0.307 e. The second kappa shape index (κ2) is 7.87. The number of amides is 1. The summed E-state index contributed by atoms with van der Waals surface area (Å²) in [7, 11) is 0. The molecule has 1 fully saturated rings. The summed E-state index contributed by atoms with van der Waals surface area (Å²) >= 11 is 0. The van der Waals surface area contributed by atoms with Gasteiger partial charge in [-0.15, -0.1) is 0 Å². The maximum absolute atomic E-state index is 11.4. The van der Waals surface area contributed by atoms with Crippen LogP contribution in [0.4, 0.5) is 0 Å². The summed E-state index contributed by atoms with van der Waals surface area (Å²) in [4.78, 5) is 22.7. The second-order valence-corrected chi connectivity index (χ2v) is 4.23. The normalized spacial score (nSPS) is 15.6. The van der Waals surface area contributed by atoms with Crippen LogP contribution in [0.3, 0.4) is 0 Å². The zero-order chi connectivity index (χ0) is 12.5. The Bertz CT molecular complexity index is 282. The first kappa shape index (κ1) is 13.7. The first-order valence-electron chi connectivity index (χ1n) is 6.32. The third-order valence-electron chi connectivity index (χ3n) is 2.85. The molecule has 0 bridgehead atoms. The smallest absolute Gasteiger partial charge is 0.307 e. The van der Waals surface area contributed by atoms with E-state index in [0.29, 0.717) is 13.2 Å². The highest BCUT2D eigenvalue weighted by Gasteiger charge is 2.24. The highest BCUT2D eigenvalue weighted by atomic mass is 16.5. The molecule has 0 saturated heterocycles. The van der Waals surface area contributed by atoms with Crippen molar-refractivity contribution in [2.45, 2.75) is 39.0 Å². The van der Waals surface area contributed by atoms with Gasteiger partial charge in [-0.25, -0.2) is 0 Å². The molecule has 0 spiro atoms.